The van der Waals surface area contributed by atoms with Gasteiger partial charge in [0.05, 0.1) is 13.7 Å². The van der Waals surface area contributed by atoms with E-state index in [-0.39, 0.29) is 18.8 Å². The van der Waals surface area contributed by atoms with Crippen LogP contribution < -0.4 is 4.74 Å². The van der Waals surface area contributed by atoms with E-state index in [1.54, 1.807) is 38.1 Å². The van der Waals surface area contributed by atoms with E-state index in [4.69, 9.17) is 9.47 Å². The van der Waals surface area contributed by atoms with E-state index in [9.17, 15) is 9.59 Å². The van der Waals surface area contributed by atoms with Gasteiger partial charge in [-0.2, -0.15) is 0 Å². The largest absolute Gasteiger partial charge is 0.496 e. The predicted octanol–water partition coefficient (Wildman–Crippen LogP) is 2.56. The summed E-state index contributed by atoms with van der Waals surface area (Å²) in [5.41, 5.74) is 0.936. The third-order valence-electron chi connectivity index (χ3n) is 2.53. The molecule has 4 heteroatoms. The molecule has 0 fully saturated rings. The minimum absolute atomic E-state index is 0.0682. The molecule has 0 spiro atoms. The SMILES string of the molecule is C/C=C/C(=O)Cc1cccc(OC)c1C(=O)OCC. The van der Waals surface area contributed by atoms with Gasteiger partial charge in [0, 0.05) is 6.42 Å². The fourth-order valence-electron chi connectivity index (χ4n) is 1.76. The van der Waals surface area contributed by atoms with Crippen molar-refractivity contribution in [3.63, 3.8) is 0 Å². The summed E-state index contributed by atoms with van der Waals surface area (Å²) < 4.78 is 10.2. The number of rotatable bonds is 6. The molecule has 4 nitrogen and oxygen atoms in total. The van der Waals surface area contributed by atoms with Crippen LogP contribution in [0.15, 0.2) is 30.4 Å². The molecule has 0 atom stereocenters. The number of allylic oxidation sites excluding steroid dienone is 2. The van der Waals surface area contributed by atoms with E-state index in [0.29, 0.717) is 16.9 Å². The molecule has 0 aromatic heterocycles. The first-order chi connectivity index (χ1) is 9.13. The van der Waals surface area contributed by atoms with Crippen LogP contribution in [0.3, 0.4) is 0 Å². The molecule has 0 amide bonds. The summed E-state index contributed by atoms with van der Waals surface area (Å²) in [6.45, 7) is 3.78. The Morgan fingerprint density at radius 1 is 1.32 bits per heavy atom. The Kier molecular flexibility index (Phi) is 5.79. The quantitative estimate of drug-likeness (QED) is 0.584. The molecule has 0 bridgehead atoms. The number of esters is 1. The van der Waals surface area contributed by atoms with E-state index in [1.165, 1.54) is 13.2 Å². The molecule has 1 rings (SSSR count). The van der Waals surface area contributed by atoms with E-state index in [1.807, 2.05) is 0 Å². The second-order valence-corrected chi connectivity index (χ2v) is 3.86. The van der Waals surface area contributed by atoms with Crippen molar-refractivity contribution in [2.45, 2.75) is 20.3 Å². The maximum atomic E-state index is 12.0. The highest BCUT2D eigenvalue weighted by Crippen LogP contribution is 2.24. The number of benzene rings is 1. The number of carbonyl (C=O) groups excluding carboxylic acids is 2. The van der Waals surface area contributed by atoms with Crippen LogP contribution in [-0.4, -0.2) is 25.5 Å². The summed E-state index contributed by atoms with van der Waals surface area (Å²) in [6, 6.07) is 5.16. The van der Waals surface area contributed by atoms with Gasteiger partial charge >= 0.3 is 5.97 Å². The van der Waals surface area contributed by atoms with Crippen LogP contribution >= 0.6 is 0 Å². The highest BCUT2D eigenvalue weighted by Gasteiger charge is 2.19. The average Bonchev–Trinajstić information content (AvgIpc) is 2.38. The van der Waals surface area contributed by atoms with Gasteiger partial charge in [0.15, 0.2) is 5.78 Å². The molecular weight excluding hydrogens is 244 g/mol. The number of methoxy groups -OCH3 is 1. The highest BCUT2D eigenvalue weighted by molar-refractivity contribution is 5.98. The first-order valence-electron chi connectivity index (χ1n) is 6.12. The van der Waals surface area contributed by atoms with Crippen LogP contribution in [0.5, 0.6) is 5.75 Å². The van der Waals surface area contributed by atoms with Crippen molar-refractivity contribution in [3.8, 4) is 5.75 Å². The maximum Gasteiger partial charge on any atom is 0.342 e. The fraction of sp³-hybridized carbons (Fsp3) is 0.333. The van der Waals surface area contributed by atoms with Crippen LogP contribution in [0, 0.1) is 0 Å². The van der Waals surface area contributed by atoms with Gasteiger partial charge < -0.3 is 9.47 Å². The van der Waals surface area contributed by atoms with Crippen LogP contribution in [0.4, 0.5) is 0 Å². The van der Waals surface area contributed by atoms with Crippen LogP contribution in [0.2, 0.25) is 0 Å². The summed E-state index contributed by atoms with van der Waals surface area (Å²) in [4.78, 5) is 23.6. The summed E-state index contributed by atoms with van der Waals surface area (Å²) >= 11 is 0. The second kappa shape index (κ2) is 7.36. The molecule has 0 saturated heterocycles. The zero-order valence-corrected chi connectivity index (χ0v) is 11.4. The van der Waals surface area contributed by atoms with Crippen molar-refractivity contribution < 1.29 is 19.1 Å². The van der Waals surface area contributed by atoms with Crippen molar-refractivity contribution in [3.05, 3.63) is 41.5 Å². The average molecular weight is 262 g/mol. The van der Waals surface area contributed by atoms with Gasteiger partial charge in [0.25, 0.3) is 0 Å². The molecular formula is C15H18O4. The van der Waals surface area contributed by atoms with Crippen molar-refractivity contribution in [2.75, 3.05) is 13.7 Å². The summed E-state index contributed by atoms with van der Waals surface area (Å²) in [5.74, 6) is -0.117. The van der Waals surface area contributed by atoms with Gasteiger partial charge in [-0.1, -0.05) is 18.2 Å². The molecule has 0 heterocycles. The molecule has 0 N–H and O–H groups in total. The number of ketones is 1. The minimum atomic E-state index is -0.469. The second-order valence-electron chi connectivity index (χ2n) is 3.86. The molecule has 1 aromatic rings. The van der Waals surface area contributed by atoms with E-state index in [2.05, 4.69) is 0 Å². The molecule has 0 aliphatic heterocycles. The Labute approximate surface area is 113 Å². The first kappa shape index (κ1) is 15.0. The molecule has 19 heavy (non-hydrogen) atoms. The lowest BCUT2D eigenvalue weighted by Crippen LogP contribution is -2.12. The van der Waals surface area contributed by atoms with Crippen LogP contribution in [-0.2, 0) is 16.0 Å². The summed E-state index contributed by atoms with van der Waals surface area (Å²) in [6.07, 6.45) is 3.30. The smallest absolute Gasteiger partial charge is 0.342 e. The molecule has 0 radical (unpaired) electrons. The Morgan fingerprint density at radius 2 is 2.05 bits per heavy atom. The molecule has 102 valence electrons. The lowest BCUT2D eigenvalue weighted by molar-refractivity contribution is -0.114. The van der Waals surface area contributed by atoms with E-state index in [0.717, 1.165) is 0 Å². The van der Waals surface area contributed by atoms with E-state index >= 15 is 0 Å². The van der Waals surface area contributed by atoms with Gasteiger partial charge in [0.2, 0.25) is 0 Å². The first-order valence-corrected chi connectivity index (χ1v) is 6.12. The topological polar surface area (TPSA) is 52.6 Å². The van der Waals surface area contributed by atoms with Crippen molar-refractivity contribution in [1.29, 1.82) is 0 Å². The van der Waals surface area contributed by atoms with Gasteiger partial charge in [-0.3, -0.25) is 4.79 Å². The van der Waals surface area contributed by atoms with Crippen LogP contribution in [0.1, 0.15) is 29.8 Å². The molecule has 0 aliphatic rings. The minimum Gasteiger partial charge on any atom is -0.496 e. The molecule has 1 aromatic carbocycles. The van der Waals surface area contributed by atoms with E-state index < -0.39 is 5.97 Å². The lowest BCUT2D eigenvalue weighted by Gasteiger charge is -2.12. The van der Waals surface area contributed by atoms with Crippen LogP contribution in [0.25, 0.3) is 0 Å². The zero-order valence-electron chi connectivity index (χ0n) is 11.4. The van der Waals surface area contributed by atoms with Gasteiger partial charge in [0.1, 0.15) is 11.3 Å². The number of ether oxygens (including phenoxy) is 2. The Hall–Kier alpha value is -2.10. The predicted molar refractivity (Wildman–Crippen MR) is 72.5 cm³/mol. The van der Waals surface area contributed by atoms with Crippen molar-refractivity contribution >= 4 is 11.8 Å². The normalized spacial score (nSPS) is 10.5. The van der Waals surface area contributed by atoms with Crippen molar-refractivity contribution in [2.24, 2.45) is 0 Å². The Balaban J connectivity index is 3.15. The third-order valence-corrected chi connectivity index (χ3v) is 2.53. The van der Waals surface area contributed by atoms with Gasteiger partial charge in [-0.25, -0.2) is 4.79 Å². The summed E-state index contributed by atoms with van der Waals surface area (Å²) in [5, 5.41) is 0. The Morgan fingerprint density at radius 3 is 2.63 bits per heavy atom. The monoisotopic (exact) mass is 262 g/mol. The zero-order chi connectivity index (χ0) is 14.3. The van der Waals surface area contributed by atoms with Gasteiger partial charge in [-0.15, -0.1) is 0 Å². The number of hydrogen-bond acceptors (Lipinski definition) is 4. The molecule has 0 unspecified atom stereocenters. The lowest BCUT2D eigenvalue weighted by atomic mass is 10.0. The standard InChI is InChI=1S/C15H18O4/c1-4-7-12(16)10-11-8-6-9-13(18-3)14(11)15(17)19-5-2/h4,6-9H,5,10H2,1-3H3/b7-4+. The Bertz CT molecular complexity index is 489. The number of hydrogen-bond donors (Lipinski definition) is 0. The molecule has 0 saturated carbocycles. The maximum absolute atomic E-state index is 12.0. The third kappa shape index (κ3) is 3.95. The van der Waals surface area contributed by atoms with Gasteiger partial charge in [-0.05, 0) is 31.6 Å². The van der Waals surface area contributed by atoms with Crippen molar-refractivity contribution in [1.82, 2.24) is 0 Å². The number of carbonyl (C=O) groups is 2. The molecule has 0 aliphatic carbocycles. The highest BCUT2D eigenvalue weighted by atomic mass is 16.5. The fourth-order valence-corrected chi connectivity index (χ4v) is 1.76. The summed E-state index contributed by atoms with van der Waals surface area (Å²) in [7, 11) is 1.48.